The molecule has 1 aromatic heterocycles. The number of nitrogens with one attached hydrogen (secondary N) is 2. The van der Waals surface area contributed by atoms with Gasteiger partial charge in [-0.05, 0) is 26.6 Å². The number of carbonyl (C=O) groups excluding carboxylic acids is 1. The molecule has 2 N–H and O–H groups in total. The van der Waals surface area contributed by atoms with Gasteiger partial charge >= 0.3 is 0 Å². The fourth-order valence-corrected chi connectivity index (χ4v) is 2.06. The van der Waals surface area contributed by atoms with E-state index in [0.29, 0.717) is 25.5 Å². The Morgan fingerprint density at radius 2 is 2.50 bits per heavy atom. The van der Waals surface area contributed by atoms with Crippen LogP contribution in [0.2, 0.25) is 0 Å². The van der Waals surface area contributed by atoms with Gasteiger partial charge in [-0.25, -0.2) is 0 Å². The Kier molecular flexibility index (Phi) is 5.51. The summed E-state index contributed by atoms with van der Waals surface area (Å²) in [5.74, 6) is -0.157. The van der Waals surface area contributed by atoms with E-state index in [9.17, 15) is 4.79 Å². The van der Waals surface area contributed by atoms with E-state index in [-0.39, 0.29) is 18.1 Å². The molecule has 1 aliphatic rings. The Labute approximate surface area is 118 Å². The summed E-state index contributed by atoms with van der Waals surface area (Å²) in [5.41, 5.74) is 0.462. The van der Waals surface area contributed by atoms with Gasteiger partial charge in [0.15, 0.2) is 0 Å². The van der Waals surface area contributed by atoms with E-state index in [2.05, 4.69) is 20.4 Å². The first kappa shape index (κ1) is 15.0. The van der Waals surface area contributed by atoms with Crippen LogP contribution in [-0.4, -0.2) is 73.6 Å². The predicted octanol–water partition coefficient (Wildman–Crippen LogP) is -0.125. The molecule has 0 spiro atoms. The predicted molar refractivity (Wildman–Crippen MR) is 73.6 cm³/mol. The van der Waals surface area contributed by atoms with Gasteiger partial charge in [0.1, 0.15) is 11.8 Å². The third-order valence-corrected chi connectivity index (χ3v) is 3.24. The maximum atomic E-state index is 12.0. The van der Waals surface area contributed by atoms with Gasteiger partial charge in [-0.3, -0.25) is 9.89 Å². The van der Waals surface area contributed by atoms with E-state index >= 15 is 0 Å². The molecule has 0 unspecified atom stereocenters. The van der Waals surface area contributed by atoms with Crippen LogP contribution in [0.5, 0.6) is 0 Å². The van der Waals surface area contributed by atoms with Gasteiger partial charge in [0, 0.05) is 19.3 Å². The first-order valence-corrected chi connectivity index (χ1v) is 6.81. The molecule has 0 bridgehead atoms. The molecule has 0 aromatic carbocycles. The summed E-state index contributed by atoms with van der Waals surface area (Å²) >= 11 is 0. The van der Waals surface area contributed by atoms with Crippen molar-refractivity contribution in [3.8, 4) is 0 Å². The lowest BCUT2D eigenvalue weighted by Crippen LogP contribution is -2.50. The third kappa shape index (κ3) is 4.29. The number of carbonyl (C=O) groups is 1. The van der Waals surface area contributed by atoms with E-state index in [1.165, 1.54) is 0 Å². The fourth-order valence-electron chi connectivity index (χ4n) is 2.06. The topological polar surface area (TPSA) is 79.5 Å². The van der Waals surface area contributed by atoms with Crippen LogP contribution >= 0.6 is 0 Å². The second-order valence-corrected chi connectivity index (χ2v) is 5.13. The Morgan fingerprint density at radius 1 is 1.65 bits per heavy atom. The van der Waals surface area contributed by atoms with Crippen molar-refractivity contribution < 1.29 is 14.3 Å². The van der Waals surface area contributed by atoms with Gasteiger partial charge in [0.2, 0.25) is 0 Å². The zero-order valence-electron chi connectivity index (χ0n) is 12.0. The molecule has 7 nitrogen and oxygen atoms in total. The lowest BCUT2D eigenvalue weighted by Gasteiger charge is -2.32. The molecule has 0 aliphatic carbocycles. The number of aromatic amines is 1. The van der Waals surface area contributed by atoms with Crippen LogP contribution in [0.15, 0.2) is 12.3 Å². The number of hydrogen-bond donors (Lipinski definition) is 2. The van der Waals surface area contributed by atoms with E-state index in [1.807, 2.05) is 14.1 Å². The van der Waals surface area contributed by atoms with Crippen molar-refractivity contribution in [1.29, 1.82) is 0 Å². The number of H-pyrrole nitrogens is 1. The molecule has 0 radical (unpaired) electrons. The molecule has 1 saturated heterocycles. The lowest BCUT2D eigenvalue weighted by atomic mass is 10.1. The molecule has 2 atom stereocenters. The minimum absolute atomic E-state index is 0.0262. The first-order valence-electron chi connectivity index (χ1n) is 6.81. The van der Waals surface area contributed by atoms with Crippen molar-refractivity contribution >= 4 is 5.91 Å². The van der Waals surface area contributed by atoms with Crippen molar-refractivity contribution in [1.82, 2.24) is 20.4 Å². The summed E-state index contributed by atoms with van der Waals surface area (Å²) in [4.78, 5) is 14.1. The number of amides is 1. The summed E-state index contributed by atoms with van der Waals surface area (Å²) in [5, 5.41) is 9.42. The normalized spacial score (nSPS) is 22.9. The molecule has 1 fully saturated rings. The summed E-state index contributed by atoms with van der Waals surface area (Å²) in [6.07, 6.45) is 2.21. The van der Waals surface area contributed by atoms with Gasteiger partial charge in [0.05, 0.1) is 19.3 Å². The SMILES string of the molecule is CN(C)CCO[C@@H]1COCC[C@H]1NC(=O)c1ccn[nH]1. The minimum Gasteiger partial charge on any atom is -0.379 e. The highest BCUT2D eigenvalue weighted by Gasteiger charge is 2.28. The number of likely N-dealkylation sites (N-methyl/N-ethyl adjacent to an activating group) is 1. The Balaban J connectivity index is 1.85. The minimum atomic E-state index is -0.157. The molecule has 2 heterocycles. The van der Waals surface area contributed by atoms with E-state index in [0.717, 1.165) is 13.0 Å². The summed E-state index contributed by atoms with van der Waals surface area (Å²) in [6, 6.07) is 1.62. The van der Waals surface area contributed by atoms with Crippen molar-refractivity contribution in [2.75, 3.05) is 40.5 Å². The number of aromatic nitrogens is 2. The zero-order chi connectivity index (χ0) is 14.4. The summed E-state index contributed by atoms with van der Waals surface area (Å²) in [6.45, 7) is 2.62. The van der Waals surface area contributed by atoms with Crippen LogP contribution in [0, 0.1) is 0 Å². The molecular weight excluding hydrogens is 260 g/mol. The van der Waals surface area contributed by atoms with E-state index in [1.54, 1.807) is 12.3 Å². The van der Waals surface area contributed by atoms with Crippen LogP contribution in [0.25, 0.3) is 0 Å². The maximum Gasteiger partial charge on any atom is 0.269 e. The smallest absolute Gasteiger partial charge is 0.269 e. The molecule has 0 saturated carbocycles. The number of nitrogens with zero attached hydrogens (tertiary/aromatic N) is 2. The van der Waals surface area contributed by atoms with E-state index in [4.69, 9.17) is 9.47 Å². The zero-order valence-corrected chi connectivity index (χ0v) is 12.0. The van der Waals surface area contributed by atoms with Gasteiger partial charge in [-0.1, -0.05) is 0 Å². The largest absolute Gasteiger partial charge is 0.379 e. The van der Waals surface area contributed by atoms with Crippen molar-refractivity contribution in [2.45, 2.75) is 18.6 Å². The second-order valence-electron chi connectivity index (χ2n) is 5.13. The summed E-state index contributed by atoms with van der Waals surface area (Å²) in [7, 11) is 4.00. The standard InChI is InChI=1S/C13H22N4O3/c1-17(2)6-8-20-12-9-19-7-4-10(12)15-13(18)11-3-5-14-16-11/h3,5,10,12H,4,6-9H2,1-2H3,(H,14,16)(H,15,18)/t10-,12-/m1/s1. The van der Waals surface area contributed by atoms with Gasteiger partial charge < -0.3 is 19.7 Å². The van der Waals surface area contributed by atoms with Gasteiger partial charge in [-0.15, -0.1) is 0 Å². The molecule has 7 heteroatoms. The maximum absolute atomic E-state index is 12.0. The van der Waals surface area contributed by atoms with Crippen LogP contribution in [0.1, 0.15) is 16.9 Å². The van der Waals surface area contributed by atoms with Crippen molar-refractivity contribution in [3.63, 3.8) is 0 Å². The van der Waals surface area contributed by atoms with E-state index < -0.39 is 0 Å². The molecule has 1 amide bonds. The number of hydrogen-bond acceptors (Lipinski definition) is 5. The third-order valence-electron chi connectivity index (χ3n) is 3.24. The molecule has 1 aromatic rings. The Bertz CT molecular complexity index is 408. The Morgan fingerprint density at radius 3 is 3.20 bits per heavy atom. The molecule has 112 valence electrons. The monoisotopic (exact) mass is 282 g/mol. The lowest BCUT2D eigenvalue weighted by molar-refractivity contribution is -0.0691. The van der Waals surface area contributed by atoms with Crippen LogP contribution in [-0.2, 0) is 9.47 Å². The molecular formula is C13H22N4O3. The highest BCUT2D eigenvalue weighted by molar-refractivity contribution is 5.92. The van der Waals surface area contributed by atoms with Crippen molar-refractivity contribution in [3.05, 3.63) is 18.0 Å². The molecule has 20 heavy (non-hydrogen) atoms. The van der Waals surface area contributed by atoms with Crippen LogP contribution in [0.3, 0.4) is 0 Å². The average molecular weight is 282 g/mol. The van der Waals surface area contributed by atoms with Crippen LogP contribution < -0.4 is 5.32 Å². The summed E-state index contributed by atoms with van der Waals surface area (Å²) < 4.78 is 11.2. The fraction of sp³-hybridized carbons (Fsp3) is 0.692. The quantitative estimate of drug-likeness (QED) is 0.760. The molecule has 2 rings (SSSR count). The molecule has 1 aliphatic heterocycles. The van der Waals surface area contributed by atoms with Gasteiger partial charge in [-0.2, -0.15) is 5.10 Å². The van der Waals surface area contributed by atoms with Gasteiger partial charge in [0.25, 0.3) is 5.91 Å². The second kappa shape index (κ2) is 7.37. The highest BCUT2D eigenvalue weighted by Crippen LogP contribution is 2.12. The van der Waals surface area contributed by atoms with Crippen molar-refractivity contribution in [2.24, 2.45) is 0 Å². The average Bonchev–Trinajstić information content (AvgIpc) is 2.94. The van der Waals surface area contributed by atoms with Crippen LogP contribution in [0.4, 0.5) is 0 Å². The number of ether oxygens (including phenoxy) is 2. The highest BCUT2D eigenvalue weighted by atomic mass is 16.5. The Hall–Kier alpha value is -1.44. The first-order chi connectivity index (χ1) is 9.66. The number of rotatable bonds is 6.